The minimum atomic E-state index is -0.627. The van der Waals surface area contributed by atoms with Crippen molar-refractivity contribution in [1.82, 2.24) is 5.32 Å². The maximum Gasteiger partial charge on any atom is 0.407 e. The van der Waals surface area contributed by atoms with Gasteiger partial charge in [0.25, 0.3) is 0 Å². The molecular formula is C17H24FNO3. The molecule has 1 aliphatic carbocycles. The zero-order valence-corrected chi connectivity index (χ0v) is 13.2. The van der Waals surface area contributed by atoms with E-state index >= 15 is 0 Å². The van der Waals surface area contributed by atoms with E-state index in [0.29, 0.717) is 5.56 Å². The van der Waals surface area contributed by atoms with E-state index < -0.39 is 18.3 Å². The fourth-order valence-corrected chi connectivity index (χ4v) is 2.96. The highest BCUT2D eigenvalue weighted by molar-refractivity contribution is 5.67. The summed E-state index contributed by atoms with van der Waals surface area (Å²) in [6.07, 6.45) is 3.81. The maximum atomic E-state index is 13.9. The molecule has 0 aromatic heterocycles. The Morgan fingerprint density at radius 3 is 2.59 bits per heavy atom. The van der Waals surface area contributed by atoms with Crippen molar-refractivity contribution in [3.05, 3.63) is 35.6 Å². The van der Waals surface area contributed by atoms with Crippen LogP contribution in [0, 0.1) is 5.82 Å². The molecule has 1 N–H and O–H groups in total. The van der Waals surface area contributed by atoms with Crippen molar-refractivity contribution in [1.29, 1.82) is 0 Å². The summed E-state index contributed by atoms with van der Waals surface area (Å²) in [5.74, 6) is -0.363. The molecule has 1 amide bonds. The van der Waals surface area contributed by atoms with Crippen molar-refractivity contribution >= 4 is 6.09 Å². The molecule has 2 atom stereocenters. The van der Waals surface area contributed by atoms with Crippen LogP contribution < -0.4 is 5.32 Å². The molecule has 0 heterocycles. The minimum absolute atomic E-state index is 0.183. The second-order valence-electron chi connectivity index (χ2n) is 5.77. The van der Waals surface area contributed by atoms with E-state index in [0.717, 1.165) is 25.7 Å². The molecule has 1 aliphatic rings. The number of hydrogen-bond donors (Lipinski definition) is 1. The fraction of sp³-hybridized carbons (Fsp3) is 0.588. The number of halogens is 1. The average Bonchev–Trinajstić information content (AvgIpc) is 2.50. The summed E-state index contributed by atoms with van der Waals surface area (Å²) in [7, 11) is 1.48. The Bertz CT molecular complexity index is 489. The first-order valence-corrected chi connectivity index (χ1v) is 7.86. The van der Waals surface area contributed by atoms with Gasteiger partial charge in [-0.05, 0) is 25.8 Å². The summed E-state index contributed by atoms with van der Waals surface area (Å²) in [4.78, 5) is 12.0. The molecule has 4 nitrogen and oxygen atoms in total. The number of methoxy groups -OCH3 is 1. The van der Waals surface area contributed by atoms with E-state index in [9.17, 15) is 9.18 Å². The Balaban J connectivity index is 1.92. The summed E-state index contributed by atoms with van der Waals surface area (Å²) in [5.41, 5.74) is 0.392. The molecule has 1 aromatic carbocycles. The predicted octanol–water partition coefficient (Wildman–Crippen LogP) is 3.96. The summed E-state index contributed by atoms with van der Waals surface area (Å²) in [5, 5.41) is 2.88. The van der Waals surface area contributed by atoms with Crippen LogP contribution in [-0.4, -0.2) is 25.3 Å². The highest BCUT2D eigenvalue weighted by atomic mass is 19.1. The fourth-order valence-electron chi connectivity index (χ4n) is 2.96. The molecule has 0 bridgehead atoms. The van der Waals surface area contributed by atoms with Crippen LogP contribution in [0.4, 0.5) is 9.18 Å². The van der Waals surface area contributed by atoms with Crippen molar-refractivity contribution in [3.63, 3.8) is 0 Å². The highest BCUT2D eigenvalue weighted by Gasteiger charge is 2.26. The van der Waals surface area contributed by atoms with Gasteiger partial charge in [-0.1, -0.05) is 37.5 Å². The van der Waals surface area contributed by atoms with Crippen LogP contribution in [0.15, 0.2) is 24.3 Å². The molecule has 1 fully saturated rings. The Labute approximate surface area is 131 Å². The number of ether oxygens (including phenoxy) is 2. The molecule has 0 spiro atoms. The van der Waals surface area contributed by atoms with Crippen molar-refractivity contribution in [2.45, 2.75) is 57.3 Å². The lowest BCUT2D eigenvalue weighted by Crippen LogP contribution is -2.39. The molecule has 0 saturated heterocycles. The molecule has 1 saturated carbocycles. The standard InChI is InChI=1S/C17H24FNO3/c1-12(16(21-2)14-10-6-7-11-15(14)18)22-17(20)19-13-8-4-3-5-9-13/h6-7,10-13,16H,3-5,8-9H2,1-2H3,(H,19,20)/t12-,16+/m0/s1. The van der Waals surface area contributed by atoms with Gasteiger partial charge >= 0.3 is 6.09 Å². The highest BCUT2D eigenvalue weighted by Crippen LogP contribution is 2.25. The predicted molar refractivity (Wildman–Crippen MR) is 82.1 cm³/mol. The lowest BCUT2D eigenvalue weighted by molar-refractivity contribution is -0.0176. The van der Waals surface area contributed by atoms with Gasteiger partial charge in [0.1, 0.15) is 18.0 Å². The maximum absolute atomic E-state index is 13.9. The van der Waals surface area contributed by atoms with Gasteiger partial charge in [-0.25, -0.2) is 9.18 Å². The Morgan fingerprint density at radius 1 is 1.27 bits per heavy atom. The van der Waals surface area contributed by atoms with Crippen molar-refractivity contribution < 1.29 is 18.7 Å². The number of rotatable bonds is 5. The lowest BCUT2D eigenvalue weighted by Gasteiger charge is -2.26. The van der Waals surface area contributed by atoms with Gasteiger partial charge in [-0.3, -0.25) is 0 Å². The number of amides is 1. The number of carbonyl (C=O) groups is 1. The van der Waals surface area contributed by atoms with Crippen molar-refractivity contribution in [2.24, 2.45) is 0 Å². The third kappa shape index (κ3) is 4.44. The normalized spacial score (nSPS) is 18.5. The summed E-state index contributed by atoms with van der Waals surface area (Å²) in [6.45, 7) is 1.71. The zero-order chi connectivity index (χ0) is 15.9. The first kappa shape index (κ1) is 16.7. The van der Waals surface area contributed by atoms with Crippen LogP contribution in [0.25, 0.3) is 0 Å². The van der Waals surface area contributed by atoms with Gasteiger partial charge in [0, 0.05) is 18.7 Å². The van der Waals surface area contributed by atoms with Crippen LogP contribution in [0.3, 0.4) is 0 Å². The number of benzene rings is 1. The first-order valence-electron chi connectivity index (χ1n) is 7.86. The van der Waals surface area contributed by atoms with Gasteiger partial charge in [0.15, 0.2) is 0 Å². The average molecular weight is 309 g/mol. The summed E-state index contributed by atoms with van der Waals surface area (Å²) in [6, 6.07) is 6.55. The van der Waals surface area contributed by atoms with Gasteiger partial charge in [0.2, 0.25) is 0 Å². The zero-order valence-electron chi connectivity index (χ0n) is 13.2. The van der Waals surface area contributed by atoms with E-state index in [4.69, 9.17) is 9.47 Å². The van der Waals surface area contributed by atoms with Gasteiger partial charge in [0.05, 0.1) is 0 Å². The van der Waals surface area contributed by atoms with E-state index in [2.05, 4.69) is 5.32 Å². The Morgan fingerprint density at radius 2 is 1.95 bits per heavy atom. The third-order valence-corrected chi connectivity index (χ3v) is 4.11. The molecule has 1 aromatic rings. The van der Waals surface area contributed by atoms with E-state index in [1.165, 1.54) is 19.6 Å². The van der Waals surface area contributed by atoms with Crippen molar-refractivity contribution in [3.8, 4) is 0 Å². The topological polar surface area (TPSA) is 47.6 Å². The molecule has 0 radical (unpaired) electrons. The van der Waals surface area contributed by atoms with E-state index in [1.54, 1.807) is 25.1 Å². The third-order valence-electron chi connectivity index (χ3n) is 4.11. The van der Waals surface area contributed by atoms with E-state index in [-0.39, 0.29) is 11.9 Å². The Kier molecular flexibility index (Phi) is 6.19. The lowest BCUT2D eigenvalue weighted by atomic mass is 9.96. The van der Waals surface area contributed by atoms with E-state index in [1.807, 2.05) is 0 Å². The monoisotopic (exact) mass is 309 g/mol. The molecule has 22 heavy (non-hydrogen) atoms. The molecule has 5 heteroatoms. The van der Waals surface area contributed by atoms with Crippen LogP contribution in [-0.2, 0) is 9.47 Å². The van der Waals surface area contributed by atoms with Gasteiger partial charge in [-0.15, -0.1) is 0 Å². The summed E-state index contributed by atoms with van der Waals surface area (Å²) < 4.78 is 24.6. The quantitative estimate of drug-likeness (QED) is 0.895. The molecule has 2 rings (SSSR count). The number of alkyl carbamates (subject to hydrolysis) is 1. The molecular weight excluding hydrogens is 285 g/mol. The molecule has 0 unspecified atom stereocenters. The van der Waals surface area contributed by atoms with Crippen LogP contribution in [0.5, 0.6) is 0 Å². The smallest absolute Gasteiger partial charge is 0.407 e. The van der Waals surface area contributed by atoms with Gasteiger partial charge in [-0.2, -0.15) is 0 Å². The largest absolute Gasteiger partial charge is 0.443 e. The SMILES string of the molecule is CO[C@@H](c1ccccc1F)[C@H](C)OC(=O)NC1CCCCC1. The van der Waals surface area contributed by atoms with Crippen molar-refractivity contribution in [2.75, 3.05) is 7.11 Å². The number of hydrogen-bond acceptors (Lipinski definition) is 3. The van der Waals surface area contributed by atoms with Gasteiger partial charge < -0.3 is 14.8 Å². The number of nitrogens with one attached hydrogen (secondary N) is 1. The summed E-state index contributed by atoms with van der Waals surface area (Å²) >= 11 is 0. The molecule has 0 aliphatic heterocycles. The van der Waals surface area contributed by atoms with Crippen LogP contribution in [0.1, 0.15) is 50.7 Å². The van der Waals surface area contributed by atoms with Crippen LogP contribution >= 0.6 is 0 Å². The second-order valence-corrected chi connectivity index (χ2v) is 5.77. The minimum Gasteiger partial charge on any atom is -0.443 e. The van der Waals surface area contributed by atoms with Crippen LogP contribution in [0.2, 0.25) is 0 Å². The Hall–Kier alpha value is -1.62. The second kappa shape index (κ2) is 8.13. The first-order chi connectivity index (χ1) is 10.6. The number of carbonyl (C=O) groups excluding carboxylic acids is 1. The molecule has 122 valence electrons.